The van der Waals surface area contributed by atoms with Crippen molar-refractivity contribution in [1.82, 2.24) is 5.32 Å². The third-order valence-corrected chi connectivity index (χ3v) is 5.01. The summed E-state index contributed by atoms with van der Waals surface area (Å²) in [4.78, 5) is 0. The van der Waals surface area contributed by atoms with Crippen molar-refractivity contribution >= 4 is 12.4 Å². The average molecular weight is 362 g/mol. The van der Waals surface area contributed by atoms with Crippen LogP contribution in [0.3, 0.4) is 0 Å². The van der Waals surface area contributed by atoms with Crippen LogP contribution in [0.25, 0.3) is 0 Å². The molecule has 2 aromatic carbocycles. The number of aryl methyl sites for hydroxylation is 2. The maximum absolute atomic E-state index is 9.35. The van der Waals surface area contributed by atoms with Gasteiger partial charge in [0.15, 0.2) is 0 Å². The molecule has 2 atom stereocenters. The van der Waals surface area contributed by atoms with Crippen LogP contribution in [0.2, 0.25) is 0 Å². The van der Waals surface area contributed by atoms with Crippen molar-refractivity contribution in [2.75, 3.05) is 0 Å². The van der Waals surface area contributed by atoms with Crippen molar-refractivity contribution in [1.29, 1.82) is 0 Å². The Bertz CT molecular complexity index is 572. The van der Waals surface area contributed by atoms with E-state index in [1.165, 1.54) is 30.4 Å². The van der Waals surface area contributed by atoms with Gasteiger partial charge in [0.2, 0.25) is 0 Å². The van der Waals surface area contributed by atoms with Gasteiger partial charge in [0.25, 0.3) is 0 Å². The predicted molar refractivity (Wildman–Crippen MR) is 105 cm³/mol. The number of nitrogens with one attached hydrogen (secondary N) is 1. The van der Waals surface area contributed by atoms with E-state index in [1.807, 2.05) is 24.3 Å². The zero-order chi connectivity index (χ0) is 16.8. The summed E-state index contributed by atoms with van der Waals surface area (Å²) in [5.41, 5.74) is 2.58. The fraction of sp³-hybridized carbons (Fsp3) is 0.429. The standard InChI is InChI=1S/C21H27NO2.ClH/c23-20-12-6-16(7-13-20)4-10-18-2-1-3-19(22-18)11-5-17-8-14-21(24)15-9-17;/h6-9,12-15,18-19,22-24H,1-5,10-11H2;1H/t18-,19+;. The van der Waals surface area contributed by atoms with Crippen molar-refractivity contribution < 1.29 is 10.2 Å². The highest BCUT2D eigenvalue weighted by Gasteiger charge is 2.20. The van der Waals surface area contributed by atoms with Gasteiger partial charge in [-0.05, 0) is 73.9 Å². The average Bonchev–Trinajstić information content (AvgIpc) is 2.61. The molecule has 0 unspecified atom stereocenters. The van der Waals surface area contributed by atoms with Crippen LogP contribution in [-0.4, -0.2) is 22.3 Å². The fourth-order valence-corrected chi connectivity index (χ4v) is 3.57. The number of benzene rings is 2. The van der Waals surface area contributed by atoms with E-state index in [4.69, 9.17) is 0 Å². The molecule has 136 valence electrons. The first-order chi connectivity index (χ1) is 11.7. The number of halogens is 1. The smallest absolute Gasteiger partial charge is 0.115 e. The van der Waals surface area contributed by atoms with E-state index < -0.39 is 0 Å². The van der Waals surface area contributed by atoms with E-state index in [9.17, 15) is 10.2 Å². The summed E-state index contributed by atoms with van der Waals surface area (Å²) in [6.07, 6.45) is 8.24. The van der Waals surface area contributed by atoms with Crippen LogP contribution in [0.1, 0.15) is 43.2 Å². The number of piperidine rings is 1. The molecule has 1 aliphatic heterocycles. The van der Waals surface area contributed by atoms with Crippen LogP contribution in [0.4, 0.5) is 0 Å². The number of hydrogen-bond acceptors (Lipinski definition) is 3. The number of phenolic OH excluding ortho intramolecular Hbond substituents is 2. The van der Waals surface area contributed by atoms with Crippen molar-refractivity contribution in [3.8, 4) is 11.5 Å². The third-order valence-electron chi connectivity index (χ3n) is 5.01. The molecule has 1 aliphatic rings. The molecule has 0 amide bonds. The molecule has 25 heavy (non-hydrogen) atoms. The van der Waals surface area contributed by atoms with E-state index in [0.717, 1.165) is 25.7 Å². The van der Waals surface area contributed by atoms with Crippen molar-refractivity contribution in [3.05, 3.63) is 59.7 Å². The van der Waals surface area contributed by atoms with Gasteiger partial charge in [-0.2, -0.15) is 0 Å². The maximum Gasteiger partial charge on any atom is 0.115 e. The fourth-order valence-electron chi connectivity index (χ4n) is 3.57. The van der Waals surface area contributed by atoms with E-state index in [1.54, 1.807) is 24.3 Å². The molecule has 4 heteroatoms. The Hall–Kier alpha value is -1.71. The lowest BCUT2D eigenvalue weighted by atomic mass is 9.91. The first kappa shape index (κ1) is 19.6. The van der Waals surface area contributed by atoms with Gasteiger partial charge in [-0.1, -0.05) is 30.7 Å². The Morgan fingerprint density at radius 2 is 1.12 bits per heavy atom. The van der Waals surface area contributed by atoms with E-state index >= 15 is 0 Å². The predicted octanol–water partition coefficient (Wildman–Crippen LogP) is 4.60. The lowest BCUT2D eigenvalue weighted by Gasteiger charge is -2.31. The lowest BCUT2D eigenvalue weighted by Crippen LogP contribution is -2.42. The Morgan fingerprint density at radius 3 is 1.52 bits per heavy atom. The van der Waals surface area contributed by atoms with Gasteiger partial charge < -0.3 is 15.5 Å². The molecule has 1 heterocycles. The molecule has 3 nitrogen and oxygen atoms in total. The molecule has 1 fully saturated rings. The van der Waals surface area contributed by atoms with Crippen LogP contribution in [-0.2, 0) is 12.8 Å². The summed E-state index contributed by atoms with van der Waals surface area (Å²) in [5, 5.41) is 22.5. The Balaban J connectivity index is 0.00000225. The third kappa shape index (κ3) is 6.26. The second kappa shape index (κ2) is 9.69. The molecule has 3 N–H and O–H groups in total. The first-order valence-corrected chi connectivity index (χ1v) is 9.01. The molecule has 0 aromatic heterocycles. The van der Waals surface area contributed by atoms with Gasteiger partial charge in [0.05, 0.1) is 0 Å². The van der Waals surface area contributed by atoms with Crippen LogP contribution in [0.5, 0.6) is 11.5 Å². The van der Waals surface area contributed by atoms with Gasteiger partial charge in [-0.25, -0.2) is 0 Å². The second-order valence-corrected chi connectivity index (χ2v) is 6.90. The SMILES string of the molecule is Cl.Oc1ccc(CC[C@H]2CCC[C@@H](CCc3ccc(O)cc3)N2)cc1. The molecule has 0 bridgehead atoms. The van der Waals surface area contributed by atoms with Gasteiger partial charge in [-0.15, -0.1) is 12.4 Å². The van der Waals surface area contributed by atoms with Crippen LogP contribution in [0, 0.1) is 0 Å². The Kier molecular flexibility index (Phi) is 7.60. The molecule has 0 spiro atoms. The largest absolute Gasteiger partial charge is 0.508 e. The van der Waals surface area contributed by atoms with Crippen molar-refractivity contribution in [2.24, 2.45) is 0 Å². The summed E-state index contributed by atoms with van der Waals surface area (Å²) >= 11 is 0. The lowest BCUT2D eigenvalue weighted by molar-refractivity contribution is 0.297. The topological polar surface area (TPSA) is 52.5 Å². The molecule has 2 aromatic rings. The minimum Gasteiger partial charge on any atom is -0.508 e. The van der Waals surface area contributed by atoms with Crippen LogP contribution < -0.4 is 5.32 Å². The van der Waals surface area contributed by atoms with Gasteiger partial charge in [-0.3, -0.25) is 0 Å². The molecule has 0 aliphatic carbocycles. The minimum atomic E-state index is 0. The van der Waals surface area contributed by atoms with Gasteiger partial charge >= 0.3 is 0 Å². The first-order valence-electron chi connectivity index (χ1n) is 9.01. The molecule has 3 rings (SSSR count). The molecular formula is C21H28ClNO2. The second-order valence-electron chi connectivity index (χ2n) is 6.90. The number of hydrogen-bond donors (Lipinski definition) is 3. The zero-order valence-electron chi connectivity index (χ0n) is 14.5. The molecule has 1 saturated heterocycles. The van der Waals surface area contributed by atoms with Crippen LogP contribution >= 0.6 is 12.4 Å². The summed E-state index contributed by atoms with van der Waals surface area (Å²) in [6, 6.07) is 16.3. The Morgan fingerprint density at radius 1 is 0.720 bits per heavy atom. The van der Waals surface area contributed by atoms with Crippen molar-refractivity contribution in [2.45, 2.75) is 57.0 Å². The number of aromatic hydroxyl groups is 2. The molecule has 0 radical (unpaired) electrons. The Labute approximate surface area is 156 Å². The molecule has 0 saturated carbocycles. The quantitative estimate of drug-likeness (QED) is 0.705. The summed E-state index contributed by atoms with van der Waals surface area (Å²) in [5.74, 6) is 0.674. The highest BCUT2D eigenvalue weighted by molar-refractivity contribution is 5.85. The van der Waals surface area contributed by atoms with Crippen molar-refractivity contribution in [3.63, 3.8) is 0 Å². The highest BCUT2D eigenvalue weighted by Crippen LogP contribution is 2.21. The van der Waals surface area contributed by atoms with Crippen LogP contribution in [0.15, 0.2) is 48.5 Å². The van der Waals surface area contributed by atoms with Gasteiger partial charge in [0, 0.05) is 12.1 Å². The zero-order valence-corrected chi connectivity index (χ0v) is 15.3. The van der Waals surface area contributed by atoms with E-state index in [2.05, 4.69) is 5.32 Å². The summed E-state index contributed by atoms with van der Waals surface area (Å²) < 4.78 is 0. The molecular weight excluding hydrogens is 334 g/mol. The minimum absolute atomic E-state index is 0. The van der Waals surface area contributed by atoms with E-state index in [0.29, 0.717) is 23.6 Å². The normalized spacial score (nSPS) is 20.0. The summed E-state index contributed by atoms with van der Waals surface area (Å²) in [7, 11) is 0. The highest BCUT2D eigenvalue weighted by atomic mass is 35.5. The van der Waals surface area contributed by atoms with E-state index in [-0.39, 0.29) is 12.4 Å². The monoisotopic (exact) mass is 361 g/mol. The number of rotatable bonds is 6. The van der Waals surface area contributed by atoms with Gasteiger partial charge in [0.1, 0.15) is 11.5 Å². The number of phenols is 2. The maximum atomic E-state index is 9.35. The summed E-state index contributed by atoms with van der Waals surface area (Å²) in [6.45, 7) is 0.